The molecule has 1 rings (SSSR count). The molecule has 0 fully saturated rings. The van der Waals surface area contributed by atoms with Gasteiger partial charge in [-0.05, 0) is 12.8 Å². The molecular weight excluding hydrogens is 216 g/mol. The summed E-state index contributed by atoms with van der Waals surface area (Å²) >= 11 is 1.05. The van der Waals surface area contributed by atoms with Crippen LogP contribution in [0, 0.1) is 0 Å². The third-order valence-corrected chi connectivity index (χ3v) is 2.88. The van der Waals surface area contributed by atoms with E-state index in [9.17, 15) is 4.79 Å². The van der Waals surface area contributed by atoms with Crippen LogP contribution in [-0.2, 0) is 4.79 Å². The Bertz CT molecular complexity index is 323. The Labute approximate surface area is 92.3 Å². The molecule has 0 bridgehead atoms. The van der Waals surface area contributed by atoms with Gasteiger partial charge in [-0.3, -0.25) is 4.79 Å². The highest BCUT2D eigenvalue weighted by atomic mass is 32.2. The Kier molecular flexibility index (Phi) is 4.61. The van der Waals surface area contributed by atoms with Gasteiger partial charge in [0.1, 0.15) is 5.75 Å². The number of hydrogen-bond acceptors (Lipinski definition) is 5. The van der Waals surface area contributed by atoms with Gasteiger partial charge < -0.3 is 9.52 Å². The van der Waals surface area contributed by atoms with Crippen molar-refractivity contribution in [2.24, 2.45) is 0 Å². The lowest BCUT2D eigenvalue weighted by molar-refractivity contribution is -0.133. The summed E-state index contributed by atoms with van der Waals surface area (Å²) in [5.74, 6) is -0.0586. The number of carbonyl (C=O) groups is 1. The molecule has 6 heteroatoms. The largest absolute Gasteiger partial charge is 0.481 e. The zero-order valence-electron chi connectivity index (χ0n) is 8.77. The smallest absolute Gasteiger partial charge is 0.314 e. The predicted molar refractivity (Wildman–Crippen MR) is 56.0 cm³/mol. The lowest BCUT2D eigenvalue weighted by atomic mass is 10.0. The van der Waals surface area contributed by atoms with Crippen molar-refractivity contribution in [2.45, 2.75) is 37.8 Å². The molecule has 15 heavy (non-hydrogen) atoms. The predicted octanol–water partition coefficient (Wildman–Crippen LogP) is 2.15. The quantitative estimate of drug-likeness (QED) is 0.754. The first-order valence-corrected chi connectivity index (χ1v) is 5.83. The Morgan fingerprint density at radius 1 is 1.47 bits per heavy atom. The molecule has 0 spiro atoms. The van der Waals surface area contributed by atoms with E-state index in [0.29, 0.717) is 11.1 Å². The van der Waals surface area contributed by atoms with Crippen LogP contribution in [0.5, 0.6) is 0 Å². The van der Waals surface area contributed by atoms with Gasteiger partial charge in [0.2, 0.25) is 5.89 Å². The van der Waals surface area contributed by atoms with E-state index in [4.69, 9.17) is 9.52 Å². The van der Waals surface area contributed by atoms with Gasteiger partial charge >= 0.3 is 5.97 Å². The minimum absolute atomic E-state index is 0.0510. The summed E-state index contributed by atoms with van der Waals surface area (Å²) in [4.78, 5) is 10.3. The Hall–Kier alpha value is -1.04. The van der Waals surface area contributed by atoms with Crippen molar-refractivity contribution >= 4 is 17.7 Å². The molecule has 5 nitrogen and oxygen atoms in total. The van der Waals surface area contributed by atoms with E-state index in [0.717, 1.165) is 24.6 Å². The SMILES string of the molecule is CCC(CC)c1nnc(SCC(=O)O)o1. The van der Waals surface area contributed by atoms with Crippen LogP contribution < -0.4 is 0 Å². The average molecular weight is 230 g/mol. The van der Waals surface area contributed by atoms with Gasteiger partial charge in [0, 0.05) is 5.92 Å². The van der Waals surface area contributed by atoms with E-state index in [1.807, 2.05) is 0 Å². The summed E-state index contributed by atoms with van der Waals surface area (Å²) in [7, 11) is 0. The molecule has 1 aromatic heterocycles. The average Bonchev–Trinajstić information content (AvgIpc) is 2.65. The van der Waals surface area contributed by atoms with Crippen LogP contribution in [0.15, 0.2) is 9.64 Å². The summed E-state index contributed by atoms with van der Waals surface area (Å²) in [6, 6.07) is 0. The van der Waals surface area contributed by atoms with Crippen molar-refractivity contribution in [1.82, 2.24) is 10.2 Å². The van der Waals surface area contributed by atoms with Crippen molar-refractivity contribution in [1.29, 1.82) is 0 Å². The fourth-order valence-corrected chi connectivity index (χ4v) is 1.69. The van der Waals surface area contributed by atoms with Gasteiger partial charge in [-0.25, -0.2) is 0 Å². The number of carboxylic acid groups (broad SMARTS) is 1. The maximum Gasteiger partial charge on any atom is 0.314 e. The van der Waals surface area contributed by atoms with Gasteiger partial charge in [-0.2, -0.15) is 0 Å². The molecule has 0 aliphatic heterocycles. The molecule has 0 radical (unpaired) electrons. The van der Waals surface area contributed by atoms with Crippen LogP contribution in [0.4, 0.5) is 0 Å². The molecule has 0 aliphatic carbocycles. The molecular formula is C9H14N2O3S. The van der Waals surface area contributed by atoms with Crippen LogP contribution in [0.2, 0.25) is 0 Å². The lowest BCUT2D eigenvalue weighted by Crippen LogP contribution is -1.97. The Morgan fingerprint density at radius 3 is 2.67 bits per heavy atom. The summed E-state index contributed by atoms with van der Waals surface area (Å²) in [6.07, 6.45) is 1.89. The van der Waals surface area contributed by atoms with Gasteiger partial charge in [0.05, 0.1) is 0 Å². The number of rotatable bonds is 6. The molecule has 1 N–H and O–H groups in total. The highest BCUT2D eigenvalue weighted by molar-refractivity contribution is 7.99. The van der Waals surface area contributed by atoms with Gasteiger partial charge in [0.25, 0.3) is 5.22 Å². The topological polar surface area (TPSA) is 76.2 Å². The molecule has 1 heterocycles. The monoisotopic (exact) mass is 230 g/mol. The molecule has 0 amide bonds. The van der Waals surface area contributed by atoms with Crippen molar-refractivity contribution < 1.29 is 14.3 Å². The van der Waals surface area contributed by atoms with Crippen molar-refractivity contribution in [3.05, 3.63) is 5.89 Å². The molecule has 84 valence electrons. The fraction of sp³-hybridized carbons (Fsp3) is 0.667. The second-order valence-corrected chi connectivity index (χ2v) is 4.03. The zero-order chi connectivity index (χ0) is 11.3. The second kappa shape index (κ2) is 5.75. The minimum Gasteiger partial charge on any atom is -0.481 e. The van der Waals surface area contributed by atoms with Crippen molar-refractivity contribution in [2.75, 3.05) is 5.75 Å². The van der Waals surface area contributed by atoms with Crippen molar-refractivity contribution in [3.8, 4) is 0 Å². The van der Waals surface area contributed by atoms with E-state index in [-0.39, 0.29) is 11.7 Å². The lowest BCUT2D eigenvalue weighted by Gasteiger charge is -2.04. The number of aromatic nitrogens is 2. The molecule has 0 saturated heterocycles. The number of hydrogen-bond donors (Lipinski definition) is 1. The zero-order valence-corrected chi connectivity index (χ0v) is 9.58. The molecule has 0 saturated carbocycles. The normalized spacial score (nSPS) is 10.9. The van der Waals surface area contributed by atoms with E-state index >= 15 is 0 Å². The van der Waals surface area contributed by atoms with Crippen molar-refractivity contribution in [3.63, 3.8) is 0 Å². The molecule has 1 aromatic rings. The van der Waals surface area contributed by atoms with Crippen LogP contribution in [0.25, 0.3) is 0 Å². The summed E-state index contributed by atoms with van der Waals surface area (Å²) in [6.45, 7) is 4.12. The maximum absolute atomic E-state index is 10.3. The summed E-state index contributed by atoms with van der Waals surface area (Å²) in [5, 5.41) is 16.5. The Balaban J connectivity index is 2.59. The van der Waals surface area contributed by atoms with Gasteiger partial charge in [0.15, 0.2) is 0 Å². The number of aliphatic carboxylic acids is 1. The van der Waals surface area contributed by atoms with Gasteiger partial charge in [-0.15, -0.1) is 10.2 Å². The molecule has 0 aliphatic rings. The first-order chi connectivity index (χ1) is 7.17. The third kappa shape index (κ3) is 3.54. The second-order valence-electron chi connectivity index (χ2n) is 3.10. The van der Waals surface area contributed by atoms with E-state index in [2.05, 4.69) is 24.0 Å². The van der Waals surface area contributed by atoms with E-state index in [1.165, 1.54) is 0 Å². The first-order valence-electron chi connectivity index (χ1n) is 4.85. The van der Waals surface area contributed by atoms with Crippen LogP contribution in [-0.4, -0.2) is 27.0 Å². The van der Waals surface area contributed by atoms with Crippen LogP contribution >= 0.6 is 11.8 Å². The highest BCUT2D eigenvalue weighted by Crippen LogP contribution is 2.24. The maximum atomic E-state index is 10.3. The number of thioether (sulfide) groups is 1. The molecule has 0 unspecified atom stereocenters. The van der Waals surface area contributed by atoms with E-state index < -0.39 is 5.97 Å². The van der Waals surface area contributed by atoms with Crippen LogP contribution in [0.1, 0.15) is 38.5 Å². The van der Waals surface area contributed by atoms with Gasteiger partial charge in [-0.1, -0.05) is 25.6 Å². The highest BCUT2D eigenvalue weighted by Gasteiger charge is 2.15. The first kappa shape index (κ1) is 12.0. The number of nitrogens with zero attached hydrogens (tertiary/aromatic N) is 2. The third-order valence-electron chi connectivity index (χ3n) is 2.08. The molecule has 0 atom stereocenters. The summed E-state index contributed by atoms with van der Waals surface area (Å²) in [5.41, 5.74) is 0. The fourth-order valence-electron chi connectivity index (χ4n) is 1.21. The van der Waals surface area contributed by atoms with E-state index in [1.54, 1.807) is 0 Å². The Morgan fingerprint density at radius 2 is 2.13 bits per heavy atom. The molecule has 0 aromatic carbocycles. The standard InChI is InChI=1S/C9H14N2O3S/c1-3-6(4-2)8-10-11-9(14-8)15-5-7(12)13/h6H,3-5H2,1-2H3,(H,12,13). The summed E-state index contributed by atoms with van der Waals surface area (Å²) < 4.78 is 5.36. The number of carboxylic acids is 1. The minimum atomic E-state index is -0.887. The van der Waals surface area contributed by atoms with Crippen LogP contribution in [0.3, 0.4) is 0 Å².